The van der Waals surface area contributed by atoms with Crippen LogP contribution in [-0.2, 0) is 11.2 Å². The summed E-state index contributed by atoms with van der Waals surface area (Å²) < 4.78 is 13.2. The predicted octanol–water partition coefficient (Wildman–Crippen LogP) is 2.17. The summed E-state index contributed by atoms with van der Waals surface area (Å²) in [5, 5.41) is 17.9. The van der Waals surface area contributed by atoms with Crippen LogP contribution in [0.2, 0.25) is 0 Å². The van der Waals surface area contributed by atoms with Gasteiger partial charge in [-0.25, -0.2) is 4.39 Å². The molecule has 0 unspecified atom stereocenters. The van der Waals surface area contributed by atoms with Gasteiger partial charge < -0.3 is 10.2 Å². The molecule has 0 aliphatic carbocycles. The van der Waals surface area contributed by atoms with Gasteiger partial charge in [0.2, 0.25) is 0 Å². The topological polar surface area (TPSA) is 57.5 Å². The van der Waals surface area contributed by atoms with Gasteiger partial charge in [-0.2, -0.15) is 0 Å². The van der Waals surface area contributed by atoms with Crippen LogP contribution in [0.5, 0.6) is 5.75 Å². The summed E-state index contributed by atoms with van der Waals surface area (Å²) in [6, 6.07) is 1.58. The maximum Gasteiger partial charge on any atom is 0.303 e. The third kappa shape index (κ3) is 2.46. The quantitative estimate of drug-likeness (QED) is 0.807. The minimum absolute atomic E-state index is 0.0225. The molecule has 1 rings (SSSR count). The molecule has 0 aliphatic rings. The number of aryl methyl sites for hydroxylation is 2. The highest BCUT2D eigenvalue weighted by Crippen LogP contribution is 2.27. The maximum atomic E-state index is 13.2. The first-order chi connectivity index (χ1) is 6.93. The number of phenolic OH excluding ortho intramolecular Hbond substituents is 1. The first-order valence-corrected chi connectivity index (χ1v) is 4.62. The van der Waals surface area contributed by atoms with Crippen LogP contribution in [-0.4, -0.2) is 16.2 Å². The molecule has 0 amide bonds. The molecule has 2 N–H and O–H groups in total. The van der Waals surface area contributed by atoms with E-state index in [9.17, 15) is 14.3 Å². The van der Waals surface area contributed by atoms with Crippen molar-refractivity contribution >= 4 is 5.97 Å². The Morgan fingerprint density at radius 3 is 2.60 bits per heavy atom. The fourth-order valence-corrected chi connectivity index (χ4v) is 1.44. The van der Waals surface area contributed by atoms with E-state index in [0.717, 1.165) is 0 Å². The zero-order chi connectivity index (χ0) is 11.6. The minimum Gasteiger partial charge on any atom is -0.505 e. The van der Waals surface area contributed by atoms with E-state index in [-0.39, 0.29) is 12.2 Å². The molecule has 1 aromatic carbocycles. The van der Waals surface area contributed by atoms with Crippen molar-refractivity contribution in [3.63, 3.8) is 0 Å². The second-order valence-corrected chi connectivity index (χ2v) is 3.53. The number of carbonyl (C=O) groups is 1. The number of carboxylic acids is 1. The number of carboxylic acid groups (broad SMARTS) is 1. The van der Waals surface area contributed by atoms with Gasteiger partial charge in [-0.1, -0.05) is 6.07 Å². The fraction of sp³-hybridized carbons (Fsp3) is 0.364. The molecule has 0 aliphatic heterocycles. The van der Waals surface area contributed by atoms with Gasteiger partial charge in [0.05, 0.1) is 0 Å². The van der Waals surface area contributed by atoms with Crippen LogP contribution >= 0.6 is 0 Å². The molecule has 0 aromatic heterocycles. The van der Waals surface area contributed by atoms with E-state index in [1.807, 2.05) is 0 Å². The van der Waals surface area contributed by atoms with Crippen LogP contribution in [0.15, 0.2) is 6.07 Å². The maximum absolute atomic E-state index is 13.2. The van der Waals surface area contributed by atoms with Gasteiger partial charge in [0.1, 0.15) is 0 Å². The molecule has 0 radical (unpaired) electrons. The highest BCUT2D eigenvalue weighted by Gasteiger charge is 2.12. The van der Waals surface area contributed by atoms with Crippen molar-refractivity contribution in [1.29, 1.82) is 0 Å². The smallest absolute Gasteiger partial charge is 0.303 e. The van der Waals surface area contributed by atoms with Crippen LogP contribution in [0.1, 0.15) is 23.1 Å². The van der Waals surface area contributed by atoms with Crippen molar-refractivity contribution in [3.05, 3.63) is 28.6 Å². The van der Waals surface area contributed by atoms with Crippen molar-refractivity contribution in [2.45, 2.75) is 26.7 Å². The predicted molar refractivity (Wildman–Crippen MR) is 53.5 cm³/mol. The van der Waals surface area contributed by atoms with Gasteiger partial charge >= 0.3 is 5.97 Å². The van der Waals surface area contributed by atoms with E-state index in [1.165, 1.54) is 0 Å². The number of aromatic hydroxyl groups is 1. The molecule has 1 aromatic rings. The second-order valence-electron chi connectivity index (χ2n) is 3.53. The number of benzene rings is 1. The Morgan fingerprint density at radius 2 is 2.07 bits per heavy atom. The number of rotatable bonds is 3. The molecule has 4 heteroatoms. The largest absolute Gasteiger partial charge is 0.505 e. The number of hydrogen-bond donors (Lipinski definition) is 2. The summed E-state index contributed by atoms with van der Waals surface area (Å²) in [6.07, 6.45) is 0.279. The first-order valence-electron chi connectivity index (χ1n) is 4.62. The van der Waals surface area contributed by atoms with Gasteiger partial charge in [-0.3, -0.25) is 4.79 Å². The van der Waals surface area contributed by atoms with Crippen molar-refractivity contribution in [2.24, 2.45) is 0 Å². The molecule has 0 atom stereocenters. The van der Waals surface area contributed by atoms with Crippen molar-refractivity contribution in [2.75, 3.05) is 0 Å². The molecular weight excluding hydrogens is 199 g/mol. The summed E-state index contributed by atoms with van der Waals surface area (Å²) in [5.74, 6) is -1.92. The lowest BCUT2D eigenvalue weighted by atomic mass is 10.00. The number of hydrogen-bond acceptors (Lipinski definition) is 2. The molecule has 15 heavy (non-hydrogen) atoms. The number of phenols is 1. The van der Waals surface area contributed by atoms with Crippen LogP contribution in [0.3, 0.4) is 0 Å². The van der Waals surface area contributed by atoms with E-state index < -0.39 is 11.8 Å². The first kappa shape index (κ1) is 11.5. The molecule has 0 fully saturated rings. The third-order valence-corrected chi connectivity index (χ3v) is 2.39. The lowest BCUT2D eigenvalue weighted by molar-refractivity contribution is -0.136. The molecule has 0 bridgehead atoms. The zero-order valence-corrected chi connectivity index (χ0v) is 8.67. The molecule has 0 saturated heterocycles. The molecular formula is C11H13FO3. The van der Waals surface area contributed by atoms with Crippen molar-refractivity contribution < 1.29 is 19.4 Å². The molecule has 82 valence electrons. The Labute approximate surface area is 87.2 Å². The van der Waals surface area contributed by atoms with Gasteiger partial charge in [-0.05, 0) is 37.0 Å². The van der Waals surface area contributed by atoms with E-state index in [1.54, 1.807) is 19.9 Å². The monoisotopic (exact) mass is 212 g/mol. The van der Waals surface area contributed by atoms with E-state index in [0.29, 0.717) is 23.1 Å². The Morgan fingerprint density at radius 1 is 1.47 bits per heavy atom. The third-order valence-electron chi connectivity index (χ3n) is 2.39. The van der Waals surface area contributed by atoms with E-state index in [2.05, 4.69) is 0 Å². The minimum atomic E-state index is -0.907. The summed E-state index contributed by atoms with van der Waals surface area (Å²) in [4.78, 5) is 10.4. The Hall–Kier alpha value is -1.58. The summed E-state index contributed by atoms with van der Waals surface area (Å²) in [5.41, 5.74) is 1.42. The number of halogens is 1. The van der Waals surface area contributed by atoms with E-state index >= 15 is 0 Å². The Kier molecular flexibility index (Phi) is 3.29. The Bertz CT molecular complexity index is 399. The summed E-state index contributed by atoms with van der Waals surface area (Å²) >= 11 is 0. The molecule has 0 heterocycles. The fourth-order valence-electron chi connectivity index (χ4n) is 1.44. The lowest BCUT2D eigenvalue weighted by Gasteiger charge is -2.09. The Balaban J connectivity index is 3.04. The van der Waals surface area contributed by atoms with Gasteiger partial charge in [-0.15, -0.1) is 0 Å². The van der Waals surface area contributed by atoms with Gasteiger partial charge in [0.25, 0.3) is 0 Å². The van der Waals surface area contributed by atoms with Crippen molar-refractivity contribution in [1.82, 2.24) is 0 Å². The lowest BCUT2D eigenvalue weighted by Crippen LogP contribution is -2.01. The second kappa shape index (κ2) is 4.29. The van der Waals surface area contributed by atoms with Crippen LogP contribution in [0.4, 0.5) is 4.39 Å². The summed E-state index contributed by atoms with van der Waals surface area (Å²) in [7, 11) is 0. The standard InChI is InChI=1S/C11H13FO3/c1-6-5-8(3-4-9(13)14)7(2)11(15)10(6)12/h5,15H,3-4H2,1-2H3,(H,13,14). The molecule has 0 spiro atoms. The van der Waals surface area contributed by atoms with Gasteiger partial charge in [0, 0.05) is 6.42 Å². The van der Waals surface area contributed by atoms with Crippen LogP contribution in [0, 0.1) is 19.7 Å². The molecule has 0 saturated carbocycles. The zero-order valence-electron chi connectivity index (χ0n) is 8.67. The highest BCUT2D eigenvalue weighted by molar-refractivity contribution is 5.67. The molecule has 3 nitrogen and oxygen atoms in total. The summed E-state index contributed by atoms with van der Waals surface area (Å²) in [6.45, 7) is 3.12. The number of aliphatic carboxylic acids is 1. The normalized spacial score (nSPS) is 10.3. The van der Waals surface area contributed by atoms with Crippen molar-refractivity contribution in [3.8, 4) is 5.75 Å². The average Bonchev–Trinajstić information content (AvgIpc) is 2.18. The average molecular weight is 212 g/mol. The van der Waals surface area contributed by atoms with Gasteiger partial charge in [0.15, 0.2) is 11.6 Å². The van der Waals surface area contributed by atoms with Crippen LogP contribution in [0.25, 0.3) is 0 Å². The SMILES string of the molecule is Cc1cc(CCC(=O)O)c(C)c(O)c1F. The van der Waals surface area contributed by atoms with E-state index in [4.69, 9.17) is 5.11 Å². The van der Waals surface area contributed by atoms with Crippen LogP contribution < -0.4 is 0 Å². The highest BCUT2D eigenvalue weighted by atomic mass is 19.1.